The molecule has 0 fully saturated rings. The van der Waals surface area contributed by atoms with E-state index < -0.39 is 0 Å². The van der Waals surface area contributed by atoms with Gasteiger partial charge >= 0.3 is 0 Å². The molecule has 2 aromatic carbocycles. The summed E-state index contributed by atoms with van der Waals surface area (Å²) in [6.07, 6.45) is 0. The van der Waals surface area contributed by atoms with E-state index in [-0.39, 0.29) is 6.79 Å². The lowest BCUT2D eigenvalue weighted by molar-refractivity contribution is 0.0235. The lowest BCUT2D eigenvalue weighted by atomic mass is 10.1. The summed E-state index contributed by atoms with van der Waals surface area (Å²) in [6.45, 7) is 0.750. The van der Waals surface area contributed by atoms with Crippen molar-refractivity contribution in [3.05, 3.63) is 42.5 Å². The second-order valence-electron chi connectivity index (χ2n) is 3.37. The fraction of sp³-hybridized carbons (Fsp3) is 0.231. The predicted octanol–water partition coefficient (Wildman–Crippen LogP) is 3.43. The van der Waals surface area contributed by atoms with Crippen LogP contribution in [-0.2, 0) is 4.74 Å². The Morgan fingerprint density at radius 2 is 1.81 bits per heavy atom. The van der Waals surface area contributed by atoms with Crippen LogP contribution in [0.3, 0.4) is 0 Å². The van der Waals surface area contributed by atoms with E-state index >= 15 is 0 Å². The van der Waals surface area contributed by atoms with Crippen LogP contribution in [0.15, 0.2) is 42.5 Å². The van der Waals surface area contributed by atoms with Crippen LogP contribution in [0.2, 0.25) is 0 Å². The highest BCUT2D eigenvalue weighted by atomic mass is 35.5. The Labute approximate surface area is 99.7 Å². The highest BCUT2D eigenvalue weighted by Gasteiger charge is 1.96. The van der Waals surface area contributed by atoms with E-state index in [4.69, 9.17) is 21.1 Å². The second kappa shape index (κ2) is 5.73. The van der Waals surface area contributed by atoms with E-state index in [1.54, 1.807) is 0 Å². The molecule has 2 nitrogen and oxygen atoms in total. The third-order valence-electron chi connectivity index (χ3n) is 2.25. The van der Waals surface area contributed by atoms with Gasteiger partial charge in [-0.05, 0) is 22.9 Å². The van der Waals surface area contributed by atoms with Crippen molar-refractivity contribution >= 4 is 22.4 Å². The van der Waals surface area contributed by atoms with Gasteiger partial charge in [0, 0.05) is 5.88 Å². The van der Waals surface area contributed by atoms with Crippen molar-refractivity contribution in [2.45, 2.75) is 0 Å². The summed E-state index contributed by atoms with van der Waals surface area (Å²) in [7, 11) is 0. The number of hydrogen-bond donors (Lipinski definition) is 0. The van der Waals surface area contributed by atoms with Crippen LogP contribution in [0.25, 0.3) is 10.8 Å². The molecule has 84 valence electrons. The number of benzene rings is 2. The van der Waals surface area contributed by atoms with Gasteiger partial charge in [-0.3, -0.25) is 0 Å². The summed E-state index contributed by atoms with van der Waals surface area (Å²) in [5.74, 6) is 1.30. The van der Waals surface area contributed by atoms with Crippen LogP contribution in [-0.4, -0.2) is 19.3 Å². The average Bonchev–Trinajstić information content (AvgIpc) is 2.34. The third kappa shape index (κ3) is 2.87. The molecule has 0 radical (unpaired) electrons. The van der Waals surface area contributed by atoms with Crippen molar-refractivity contribution in [3.63, 3.8) is 0 Å². The maximum Gasteiger partial charge on any atom is 0.189 e. The van der Waals surface area contributed by atoms with Crippen LogP contribution in [0.1, 0.15) is 0 Å². The standard InChI is InChI=1S/C13H13ClO2/c14-7-8-15-10-16-13-6-5-11-3-1-2-4-12(11)9-13/h1-6,9H,7-8,10H2. The van der Waals surface area contributed by atoms with Crippen LogP contribution in [0, 0.1) is 0 Å². The molecule has 0 aliphatic heterocycles. The molecule has 0 amide bonds. The molecule has 0 aromatic heterocycles. The third-order valence-corrected chi connectivity index (χ3v) is 2.41. The van der Waals surface area contributed by atoms with Crippen molar-refractivity contribution in [3.8, 4) is 5.75 Å². The Hall–Kier alpha value is -1.25. The number of hydrogen-bond acceptors (Lipinski definition) is 2. The zero-order valence-corrected chi connectivity index (χ0v) is 9.61. The first-order valence-electron chi connectivity index (χ1n) is 5.15. The summed E-state index contributed by atoms with van der Waals surface area (Å²) < 4.78 is 10.6. The van der Waals surface area contributed by atoms with Crippen molar-refractivity contribution in [2.24, 2.45) is 0 Å². The molecule has 0 heterocycles. The lowest BCUT2D eigenvalue weighted by Crippen LogP contribution is -2.04. The summed E-state index contributed by atoms with van der Waals surface area (Å²) in [6, 6.07) is 14.1. The first-order chi connectivity index (χ1) is 7.90. The maximum absolute atomic E-state index is 5.48. The number of rotatable bonds is 5. The van der Waals surface area contributed by atoms with Gasteiger partial charge in [0.05, 0.1) is 6.61 Å². The molecule has 0 aliphatic carbocycles. The van der Waals surface area contributed by atoms with Gasteiger partial charge in [-0.2, -0.15) is 0 Å². The van der Waals surface area contributed by atoms with Crippen LogP contribution in [0.5, 0.6) is 5.75 Å². The monoisotopic (exact) mass is 236 g/mol. The van der Waals surface area contributed by atoms with E-state index in [2.05, 4.69) is 12.1 Å². The topological polar surface area (TPSA) is 18.5 Å². The molecule has 2 rings (SSSR count). The van der Waals surface area contributed by atoms with Gasteiger partial charge in [-0.25, -0.2) is 0 Å². The predicted molar refractivity (Wildman–Crippen MR) is 66.1 cm³/mol. The quantitative estimate of drug-likeness (QED) is 0.450. The molecule has 0 spiro atoms. The molecule has 0 bridgehead atoms. The molecule has 0 atom stereocenters. The van der Waals surface area contributed by atoms with Crippen molar-refractivity contribution < 1.29 is 9.47 Å². The molecule has 0 saturated heterocycles. The highest BCUT2D eigenvalue weighted by Crippen LogP contribution is 2.20. The summed E-state index contributed by atoms with van der Waals surface area (Å²) in [5, 5.41) is 2.37. The van der Waals surface area contributed by atoms with Gasteiger partial charge in [0.25, 0.3) is 0 Å². The normalized spacial score (nSPS) is 10.6. The van der Waals surface area contributed by atoms with Gasteiger partial charge in [0.15, 0.2) is 6.79 Å². The minimum atomic E-state index is 0.241. The van der Waals surface area contributed by atoms with E-state index in [1.165, 1.54) is 5.39 Å². The number of ether oxygens (including phenoxy) is 2. The van der Waals surface area contributed by atoms with Gasteiger partial charge in [0.1, 0.15) is 5.75 Å². The van der Waals surface area contributed by atoms with Crippen molar-refractivity contribution in [1.29, 1.82) is 0 Å². The minimum absolute atomic E-state index is 0.241. The van der Waals surface area contributed by atoms with E-state index in [0.717, 1.165) is 11.1 Å². The Morgan fingerprint density at radius 1 is 1.00 bits per heavy atom. The molecule has 0 saturated carbocycles. The Bertz CT molecular complexity index is 456. The first-order valence-corrected chi connectivity index (χ1v) is 5.69. The van der Waals surface area contributed by atoms with Crippen LogP contribution >= 0.6 is 11.6 Å². The van der Waals surface area contributed by atoms with Gasteiger partial charge < -0.3 is 9.47 Å². The number of halogens is 1. The van der Waals surface area contributed by atoms with Crippen molar-refractivity contribution in [2.75, 3.05) is 19.3 Å². The number of alkyl halides is 1. The van der Waals surface area contributed by atoms with Gasteiger partial charge in [-0.1, -0.05) is 30.3 Å². The molecular weight excluding hydrogens is 224 g/mol. The molecule has 0 N–H and O–H groups in total. The SMILES string of the molecule is ClCCOCOc1ccc2ccccc2c1. The van der Waals surface area contributed by atoms with Crippen LogP contribution < -0.4 is 4.74 Å². The van der Waals surface area contributed by atoms with Gasteiger partial charge in [-0.15, -0.1) is 11.6 Å². The second-order valence-corrected chi connectivity index (χ2v) is 3.75. The zero-order chi connectivity index (χ0) is 11.2. The zero-order valence-electron chi connectivity index (χ0n) is 8.86. The number of fused-ring (bicyclic) bond motifs is 1. The van der Waals surface area contributed by atoms with E-state index in [1.807, 2.05) is 30.3 Å². The van der Waals surface area contributed by atoms with E-state index in [0.29, 0.717) is 12.5 Å². The van der Waals surface area contributed by atoms with Gasteiger partial charge in [0.2, 0.25) is 0 Å². The van der Waals surface area contributed by atoms with Crippen LogP contribution in [0.4, 0.5) is 0 Å². The Morgan fingerprint density at radius 3 is 2.62 bits per heavy atom. The summed E-state index contributed by atoms with van der Waals surface area (Å²) >= 11 is 5.48. The molecular formula is C13H13ClO2. The molecule has 3 heteroatoms. The summed E-state index contributed by atoms with van der Waals surface area (Å²) in [5.41, 5.74) is 0. The fourth-order valence-electron chi connectivity index (χ4n) is 1.48. The Balaban J connectivity index is 2.02. The lowest BCUT2D eigenvalue weighted by Gasteiger charge is -2.07. The molecule has 0 unspecified atom stereocenters. The average molecular weight is 237 g/mol. The molecule has 2 aromatic rings. The summed E-state index contributed by atoms with van der Waals surface area (Å²) in [4.78, 5) is 0. The maximum atomic E-state index is 5.48. The molecule has 0 aliphatic rings. The minimum Gasteiger partial charge on any atom is -0.468 e. The fourth-order valence-corrected chi connectivity index (χ4v) is 1.59. The van der Waals surface area contributed by atoms with Crippen molar-refractivity contribution in [1.82, 2.24) is 0 Å². The largest absolute Gasteiger partial charge is 0.468 e. The first kappa shape index (κ1) is 11.2. The van der Waals surface area contributed by atoms with E-state index in [9.17, 15) is 0 Å². The Kier molecular flexibility index (Phi) is 4.03. The smallest absolute Gasteiger partial charge is 0.189 e. The molecule has 16 heavy (non-hydrogen) atoms. The highest BCUT2D eigenvalue weighted by molar-refractivity contribution is 6.17.